The highest BCUT2D eigenvalue weighted by atomic mass is 16.2. The van der Waals surface area contributed by atoms with Crippen LogP contribution in [0.25, 0.3) is 0 Å². The van der Waals surface area contributed by atoms with Crippen LogP contribution in [-0.2, 0) is 16.0 Å². The number of nitrogens with zero attached hydrogens (tertiary/aromatic N) is 2. The molecule has 0 N–H and O–H groups in total. The number of benzene rings is 1. The van der Waals surface area contributed by atoms with Gasteiger partial charge in [-0.15, -0.1) is 0 Å². The van der Waals surface area contributed by atoms with E-state index in [0.717, 1.165) is 38.6 Å². The van der Waals surface area contributed by atoms with Crippen molar-refractivity contribution >= 4 is 11.8 Å². The number of fused-ring (bicyclic) bond motifs is 3. The second kappa shape index (κ2) is 6.23. The zero-order valence-corrected chi connectivity index (χ0v) is 14.5. The van der Waals surface area contributed by atoms with E-state index in [-0.39, 0.29) is 30.3 Å². The fourth-order valence-corrected chi connectivity index (χ4v) is 4.73. The van der Waals surface area contributed by atoms with Crippen LogP contribution in [-0.4, -0.2) is 41.2 Å². The average Bonchev–Trinajstić information content (AvgIpc) is 2.62. The van der Waals surface area contributed by atoms with Crippen molar-refractivity contribution in [2.45, 2.75) is 51.5 Å². The highest BCUT2D eigenvalue weighted by molar-refractivity contribution is 5.87. The fourth-order valence-electron chi connectivity index (χ4n) is 4.73. The lowest BCUT2D eigenvalue weighted by Gasteiger charge is -2.45. The molecule has 0 bridgehead atoms. The summed E-state index contributed by atoms with van der Waals surface area (Å²) < 4.78 is 0. The van der Waals surface area contributed by atoms with Gasteiger partial charge in [0, 0.05) is 19.0 Å². The Morgan fingerprint density at radius 2 is 1.96 bits per heavy atom. The van der Waals surface area contributed by atoms with Gasteiger partial charge in [-0.1, -0.05) is 37.5 Å². The van der Waals surface area contributed by atoms with Crippen LogP contribution in [0, 0.1) is 12.8 Å². The first-order valence-corrected chi connectivity index (χ1v) is 9.32. The minimum Gasteiger partial charge on any atom is -0.332 e. The molecule has 1 saturated heterocycles. The lowest BCUT2D eigenvalue weighted by molar-refractivity contribution is -0.152. The summed E-state index contributed by atoms with van der Waals surface area (Å²) in [5, 5.41) is 0. The largest absolute Gasteiger partial charge is 0.332 e. The maximum Gasteiger partial charge on any atom is 0.242 e. The molecule has 2 heterocycles. The molecule has 1 aromatic rings. The van der Waals surface area contributed by atoms with Gasteiger partial charge >= 0.3 is 0 Å². The number of carbonyl (C=O) groups excluding carboxylic acids is 2. The lowest BCUT2D eigenvalue weighted by Crippen LogP contribution is -2.56. The molecule has 1 saturated carbocycles. The van der Waals surface area contributed by atoms with Gasteiger partial charge in [0.25, 0.3) is 0 Å². The van der Waals surface area contributed by atoms with E-state index in [9.17, 15) is 9.59 Å². The van der Waals surface area contributed by atoms with E-state index in [2.05, 4.69) is 25.1 Å². The van der Waals surface area contributed by atoms with E-state index in [1.807, 2.05) is 9.80 Å². The molecule has 24 heavy (non-hydrogen) atoms. The Labute approximate surface area is 143 Å². The Morgan fingerprint density at radius 3 is 2.75 bits per heavy atom. The summed E-state index contributed by atoms with van der Waals surface area (Å²) in [7, 11) is 0. The summed E-state index contributed by atoms with van der Waals surface area (Å²) in [6.45, 7) is 3.86. The molecule has 1 unspecified atom stereocenters. The minimum absolute atomic E-state index is 0.0439. The van der Waals surface area contributed by atoms with E-state index in [4.69, 9.17) is 0 Å². The molecule has 0 spiro atoms. The SMILES string of the molecule is Cc1cccc2c1CCN1C(=O)CN(C(=O)C3CCCCC3)CC21. The minimum atomic E-state index is 0.0439. The Balaban J connectivity index is 1.59. The molecule has 128 valence electrons. The number of rotatable bonds is 1. The second-order valence-corrected chi connectivity index (χ2v) is 7.55. The predicted octanol–water partition coefficient (Wildman–Crippen LogP) is 2.84. The van der Waals surface area contributed by atoms with Crippen LogP contribution >= 0.6 is 0 Å². The Hall–Kier alpha value is -1.84. The Kier molecular flexibility index (Phi) is 4.07. The van der Waals surface area contributed by atoms with Crippen LogP contribution in [0.15, 0.2) is 18.2 Å². The van der Waals surface area contributed by atoms with Crippen molar-refractivity contribution in [2.24, 2.45) is 5.92 Å². The van der Waals surface area contributed by atoms with Crippen molar-refractivity contribution in [1.29, 1.82) is 0 Å². The highest BCUT2D eigenvalue weighted by Crippen LogP contribution is 2.35. The lowest BCUT2D eigenvalue weighted by atomic mass is 9.86. The molecule has 2 fully saturated rings. The maximum atomic E-state index is 12.9. The standard InChI is InChI=1S/C20H26N2O2/c1-14-6-5-9-17-16(14)10-11-22-18(17)12-21(13-19(22)23)20(24)15-7-3-2-4-8-15/h5-6,9,15,18H,2-4,7-8,10-13H2,1H3. The molecule has 1 atom stereocenters. The van der Waals surface area contributed by atoms with Crippen LogP contribution in [0.1, 0.15) is 54.8 Å². The summed E-state index contributed by atoms with van der Waals surface area (Å²) >= 11 is 0. The first-order chi connectivity index (χ1) is 11.6. The molecule has 0 aromatic heterocycles. The van der Waals surface area contributed by atoms with Crippen molar-refractivity contribution in [1.82, 2.24) is 9.80 Å². The molecule has 1 aliphatic carbocycles. The molecule has 2 amide bonds. The van der Waals surface area contributed by atoms with Gasteiger partial charge in [-0.05, 0) is 42.9 Å². The fraction of sp³-hybridized carbons (Fsp3) is 0.600. The van der Waals surface area contributed by atoms with Gasteiger partial charge in [0.1, 0.15) is 0 Å². The summed E-state index contributed by atoms with van der Waals surface area (Å²) in [6.07, 6.45) is 6.46. The topological polar surface area (TPSA) is 40.6 Å². The summed E-state index contributed by atoms with van der Waals surface area (Å²) in [4.78, 5) is 29.4. The van der Waals surface area contributed by atoms with E-state index >= 15 is 0 Å². The van der Waals surface area contributed by atoms with Gasteiger partial charge < -0.3 is 9.80 Å². The Bertz CT molecular complexity index is 664. The predicted molar refractivity (Wildman–Crippen MR) is 92.5 cm³/mol. The third-order valence-electron chi connectivity index (χ3n) is 6.09. The molecular weight excluding hydrogens is 300 g/mol. The quantitative estimate of drug-likeness (QED) is 0.796. The molecule has 4 rings (SSSR count). The van der Waals surface area contributed by atoms with Crippen molar-refractivity contribution in [2.75, 3.05) is 19.6 Å². The Morgan fingerprint density at radius 1 is 1.17 bits per heavy atom. The van der Waals surface area contributed by atoms with E-state index in [1.165, 1.54) is 23.1 Å². The van der Waals surface area contributed by atoms with E-state index < -0.39 is 0 Å². The summed E-state index contributed by atoms with van der Waals surface area (Å²) in [5.41, 5.74) is 3.92. The van der Waals surface area contributed by atoms with Crippen molar-refractivity contribution < 1.29 is 9.59 Å². The van der Waals surface area contributed by atoms with Crippen LogP contribution in [0.3, 0.4) is 0 Å². The van der Waals surface area contributed by atoms with Crippen molar-refractivity contribution in [3.8, 4) is 0 Å². The van der Waals surface area contributed by atoms with Gasteiger partial charge in [-0.25, -0.2) is 0 Å². The molecule has 4 nitrogen and oxygen atoms in total. The van der Waals surface area contributed by atoms with Gasteiger partial charge in [-0.2, -0.15) is 0 Å². The zero-order valence-electron chi connectivity index (χ0n) is 14.5. The monoisotopic (exact) mass is 326 g/mol. The smallest absolute Gasteiger partial charge is 0.242 e. The van der Waals surface area contributed by atoms with E-state index in [0.29, 0.717) is 6.54 Å². The summed E-state index contributed by atoms with van der Waals surface area (Å²) in [6, 6.07) is 6.40. The second-order valence-electron chi connectivity index (χ2n) is 7.55. The third-order valence-corrected chi connectivity index (χ3v) is 6.09. The van der Waals surface area contributed by atoms with Gasteiger partial charge in [0.2, 0.25) is 11.8 Å². The number of amides is 2. The van der Waals surface area contributed by atoms with Crippen LogP contribution in [0.2, 0.25) is 0 Å². The number of hydrogen-bond donors (Lipinski definition) is 0. The molecule has 0 radical (unpaired) electrons. The molecule has 1 aromatic carbocycles. The molecule has 4 heteroatoms. The number of carbonyl (C=O) groups is 2. The first-order valence-electron chi connectivity index (χ1n) is 9.32. The van der Waals surface area contributed by atoms with Crippen LogP contribution < -0.4 is 0 Å². The first kappa shape index (κ1) is 15.7. The van der Waals surface area contributed by atoms with Crippen molar-refractivity contribution in [3.05, 3.63) is 34.9 Å². The highest BCUT2D eigenvalue weighted by Gasteiger charge is 2.40. The van der Waals surface area contributed by atoms with Gasteiger partial charge in [0.05, 0.1) is 12.6 Å². The maximum absolute atomic E-state index is 12.9. The molecule has 2 aliphatic heterocycles. The summed E-state index contributed by atoms with van der Waals surface area (Å²) in [5.74, 6) is 0.462. The molecule has 3 aliphatic rings. The van der Waals surface area contributed by atoms with Crippen LogP contribution in [0.5, 0.6) is 0 Å². The third kappa shape index (κ3) is 2.62. The van der Waals surface area contributed by atoms with E-state index in [1.54, 1.807) is 0 Å². The molecular formula is C20H26N2O2. The van der Waals surface area contributed by atoms with Gasteiger partial charge in [0.15, 0.2) is 0 Å². The van der Waals surface area contributed by atoms with Crippen molar-refractivity contribution in [3.63, 3.8) is 0 Å². The number of piperazine rings is 1. The van der Waals surface area contributed by atoms with Gasteiger partial charge in [-0.3, -0.25) is 9.59 Å². The van der Waals surface area contributed by atoms with Crippen LogP contribution in [0.4, 0.5) is 0 Å². The normalized spacial score (nSPS) is 24.5. The zero-order chi connectivity index (χ0) is 16.7. The number of aryl methyl sites for hydroxylation is 1. The number of hydrogen-bond acceptors (Lipinski definition) is 2. The average molecular weight is 326 g/mol.